The van der Waals surface area contributed by atoms with Gasteiger partial charge < -0.3 is 10.3 Å². The number of rotatable bonds is 0. The number of fused-ring (bicyclic) bond motifs is 10. The van der Waals surface area contributed by atoms with Crippen molar-refractivity contribution in [3.8, 4) is 11.1 Å². The summed E-state index contributed by atoms with van der Waals surface area (Å²) in [6.07, 6.45) is 4.04. The summed E-state index contributed by atoms with van der Waals surface area (Å²) >= 11 is 0. The number of aromatic amines is 1. The Kier molecular flexibility index (Phi) is 2.00. The van der Waals surface area contributed by atoms with E-state index in [-0.39, 0.29) is 5.91 Å². The molecule has 0 bridgehead atoms. The van der Waals surface area contributed by atoms with E-state index in [2.05, 4.69) is 40.6 Å². The van der Waals surface area contributed by atoms with Gasteiger partial charge in [-0.25, -0.2) is 0 Å². The maximum absolute atomic E-state index is 12.6. The number of H-pyrrole nitrogens is 1. The normalized spacial score (nSPS) is 14.1. The molecule has 0 saturated heterocycles. The Bertz CT molecular complexity index is 1340. The number of hydrogen-bond donors (Lipinski definition) is 2. The number of carbonyl (C=O) groups excluding carboxylic acids is 1. The minimum atomic E-state index is -0.0152. The molecule has 24 heavy (non-hydrogen) atoms. The van der Waals surface area contributed by atoms with Crippen molar-refractivity contribution < 1.29 is 4.79 Å². The third-order valence-corrected chi connectivity index (χ3v) is 5.14. The molecule has 3 heteroatoms. The number of amides is 1. The minimum absolute atomic E-state index is 0.0152. The van der Waals surface area contributed by atoms with E-state index in [9.17, 15) is 4.79 Å². The van der Waals surface area contributed by atoms with Crippen LogP contribution in [0.15, 0.2) is 48.5 Å². The minimum Gasteiger partial charge on any atom is -0.354 e. The van der Waals surface area contributed by atoms with Crippen LogP contribution in [-0.4, -0.2) is 10.9 Å². The van der Waals surface area contributed by atoms with Gasteiger partial charge in [0.05, 0.1) is 11.1 Å². The van der Waals surface area contributed by atoms with Crippen LogP contribution in [0.2, 0.25) is 0 Å². The van der Waals surface area contributed by atoms with Crippen LogP contribution < -0.4 is 15.8 Å². The third kappa shape index (κ3) is 1.27. The van der Waals surface area contributed by atoms with E-state index in [4.69, 9.17) is 0 Å². The second kappa shape index (κ2) is 3.95. The van der Waals surface area contributed by atoms with Crippen molar-refractivity contribution in [2.24, 2.45) is 0 Å². The van der Waals surface area contributed by atoms with E-state index in [1.54, 1.807) is 0 Å². The molecule has 0 unspecified atom stereocenters. The summed E-state index contributed by atoms with van der Waals surface area (Å²) in [7, 11) is 0. The standard InChI is InChI=1S/C21H12N2O/c24-21-19-15(10-22-21)18-13-7-3-4-8-16(13)23-20(18)14-9-11-5-1-2-6-12(11)17(14)19/h1-10,23H,(H,22,24). The molecule has 0 radical (unpaired) electrons. The summed E-state index contributed by atoms with van der Waals surface area (Å²) in [6, 6.07) is 16.5. The lowest BCUT2D eigenvalue weighted by Crippen LogP contribution is -2.20. The first kappa shape index (κ1) is 12.1. The van der Waals surface area contributed by atoms with Gasteiger partial charge in [0, 0.05) is 38.5 Å². The van der Waals surface area contributed by atoms with Gasteiger partial charge in [-0.05, 0) is 23.3 Å². The zero-order valence-corrected chi connectivity index (χ0v) is 12.7. The molecule has 1 aliphatic carbocycles. The quantitative estimate of drug-likeness (QED) is 0.454. The van der Waals surface area contributed by atoms with E-state index >= 15 is 0 Å². The summed E-state index contributed by atoms with van der Waals surface area (Å²) in [5.41, 5.74) is 6.35. The first-order valence-corrected chi connectivity index (χ1v) is 8.01. The van der Waals surface area contributed by atoms with Gasteiger partial charge in [-0.15, -0.1) is 0 Å². The first-order chi connectivity index (χ1) is 11.8. The van der Waals surface area contributed by atoms with Crippen LogP contribution in [0.4, 0.5) is 0 Å². The Morgan fingerprint density at radius 2 is 1.67 bits per heavy atom. The Balaban J connectivity index is 1.98. The lowest BCUT2D eigenvalue weighted by Gasteiger charge is -2.06. The van der Waals surface area contributed by atoms with E-state index in [1.807, 2.05) is 30.5 Å². The summed E-state index contributed by atoms with van der Waals surface area (Å²) < 4.78 is 0. The van der Waals surface area contributed by atoms with Gasteiger partial charge >= 0.3 is 0 Å². The van der Waals surface area contributed by atoms with Gasteiger partial charge in [-0.2, -0.15) is 0 Å². The van der Waals surface area contributed by atoms with Crippen LogP contribution in [0.5, 0.6) is 0 Å². The number of carbonyl (C=O) groups is 1. The molecular weight excluding hydrogens is 296 g/mol. The zero-order chi connectivity index (χ0) is 15.8. The largest absolute Gasteiger partial charge is 0.354 e. The molecular formula is C21H12N2O. The Hall–Kier alpha value is -3.33. The molecule has 112 valence electrons. The average Bonchev–Trinajstić information content (AvgIpc) is 3.27. The molecule has 4 aromatic rings. The average molecular weight is 308 g/mol. The fourth-order valence-electron chi connectivity index (χ4n) is 4.16. The van der Waals surface area contributed by atoms with Crippen LogP contribution in [-0.2, 0) is 0 Å². The maximum atomic E-state index is 12.6. The number of nitrogens with one attached hydrogen (secondary N) is 2. The fraction of sp³-hybridized carbons (Fsp3) is 0. The lowest BCUT2D eigenvalue weighted by molar-refractivity contribution is 0.0980. The molecule has 2 heterocycles. The highest BCUT2D eigenvalue weighted by Gasteiger charge is 2.27. The monoisotopic (exact) mass is 308 g/mol. The van der Waals surface area contributed by atoms with Gasteiger partial charge in [-0.3, -0.25) is 4.79 Å². The fourth-order valence-corrected chi connectivity index (χ4v) is 4.16. The number of para-hydroxylation sites is 1. The van der Waals surface area contributed by atoms with Gasteiger partial charge in [0.15, 0.2) is 0 Å². The van der Waals surface area contributed by atoms with Gasteiger partial charge in [-0.1, -0.05) is 42.5 Å². The van der Waals surface area contributed by atoms with E-state index < -0.39 is 0 Å². The molecule has 0 fully saturated rings. The van der Waals surface area contributed by atoms with Gasteiger partial charge in [0.1, 0.15) is 0 Å². The van der Waals surface area contributed by atoms with Gasteiger partial charge in [0.2, 0.25) is 0 Å². The van der Waals surface area contributed by atoms with Crippen LogP contribution in [0.1, 0.15) is 15.9 Å². The van der Waals surface area contributed by atoms with E-state index in [1.165, 1.54) is 5.56 Å². The molecule has 2 aliphatic rings. The Morgan fingerprint density at radius 1 is 0.833 bits per heavy atom. The molecule has 0 saturated carbocycles. The predicted octanol–water partition coefficient (Wildman–Crippen LogP) is 2.61. The number of aromatic nitrogens is 1. The maximum Gasteiger partial charge on any atom is 0.256 e. The predicted molar refractivity (Wildman–Crippen MR) is 96.0 cm³/mol. The van der Waals surface area contributed by atoms with Crippen molar-refractivity contribution in [2.45, 2.75) is 0 Å². The smallest absolute Gasteiger partial charge is 0.256 e. The molecule has 3 nitrogen and oxygen atoms in total. The second-order valence-corrected chi connectivity index (χ2v) is 6.35. The van der Waals surface area contributed by atoms with Crippen LogP contribution in [0.3, 0.4) is 0 Å². The number of benzene rings is 3. The Labute approximate surface area is 136 Å². The van der Waals surface area contributed by atoms with Crippen molar-refractivity contribution in [3.63, 3.8) is 0 Å². The highest BCUT2D eigenvalue weighted by atomic mass is 16.1. The molecule has 1 aromatic heterocycles. The van der Waals surface area contributed by atoms with Crippen LogP contribution in [0.25, 0.3) is 45.2 Å². The summed E-state index contributed by atoms with van der Waals surface area (Å²) in [4.78, 5) is 16.1. The lowest BCUT2D eigenvalue weighted by atomic mass is 9.95. The molecule has 0 atom stereocenters. The molecule has 2 N–H and O–H groups in total. The van der Waals surface area contributed by atoms with Gasteiger partial charge in [0.25, 0.3) is 5.91 Å². The SMILES string of the molecule is O=C1NC=c2c1c1c(c3[nH]c4ccccc4c23)=Cc2ccccc2-1. The first-order valence-electron chi connectivity index (χ1n) is 8.01. The van der Waals surface area contributed by atoms with Crippen molar-refractivity contribution >= 4 is 40.0 Å². The summed E-state index contributed by atoms with van der Waals surface area (Å²) in [5.74, 6) is -0.0152. The van der Waals surface area contributed by atoms with Crippen molar-refractivity contribution in [1.82, 2.24) is 10.3 Å². The van der Waals surface area contributed by atoms with E-state index in [0.29, 0.717) is 0 Å². The Morgan fingerprint density at radius 3 is 2.62 bits per heavy atom. The summed E-state index contributed by atoms with van der Waals surface area (Å²) in [6.45, 7) is 0. The second-order valence-electron chi connectivity index (χ2n) is 6.35. The van der Waals surface area contributed by atoms with Crippen molar-refractivity contribution in [3.05, 3.63) is 70.1 Å². The summed E-state index contributed by atoms with van der Waals surface area (Å²) in [5, 5.41) is 7.30. The molecule has 3 aromatic carbocycles. The zero-order valence-electron chi connectivity index (χ0n) is 12.7. The molecule has 1 aliphatic heterocycles. The van der Waals surface area contributed by atoms with Crippen LogP contribution in [0, 0.1) is 0 Å². The third-order valence-electron chi connectivity index (χ3n) is 5.14. The molecule has 1 amide bonds. The van der Waals surface area contributed by atoms with Crippen molar-refractivity contribution in [2.75, 3.05) is 0 Å². The van der Waals surface area contributed by atoms with Crippen molar-refractivity contribution in [1.29, 1.82) is 0 Å². The molecule has 0 spiro atoms. The highest BCUT2D eigenvalue weighted by Crippen LogP contribution is 2.32. The number of hydrogen-bond acceptors (Lipinski definition) is 1. The van der Waals surface area contributed by atoms with E-state index in [0.717, 1.165) is 48.9 Å². The topological polar surface area (TPSA) is 44.9 Å². The van der Waals surface area contributed by atoms with Crippen LogP contribution >= 0.6 is 0 Å². The highest BCUT2D eigenvalue weighted by molar-refractivity contribution is 6.17. The molecule has 6 rings (SSSR count).